The number of nitrogens with one attached hydrogen (secondary N) is 2. The Bertz CT molecular complexity index is 1530. The summed E-state index contributed by atoms with van der Waals surface area (Å²) in [7, 11) is -0.0740. The van der Waals surface area contributed by atoms with Crippen LogP contribution in [0.3, 0.4) is 0 Å². The molecule has 2 heterocycles. The number of hydrogen-bond acceptors (Lipinski definition) is 6. The number of alkyl halides is 4. The Labute approximate surface area is 231 Å². The van der Waals surface area contributed by atoms with E-state index >= 15 is 0 Å². The average molecular weight is 581 g/mol. The van der Waals surface area contributed by atoms with Crippen LogP contribution in [0, 0.1) is 11.8 Å². The number of piperidine rings is 1. The fourth-order valence-corrected chi connectivity index (χ4v) is 5.37. The number of halogens is 4. The number of benzene rings is 2. The number of ether oxygens (including phenoxy) is 1. The quantitative estimate of drug-likeness (QED) is 0.291. The molecule has 0 radical (unpaired) electrons. The van der Waals surface area contributed by atoms with Crippen LogP contribution in [-0.2, 0) is 16.4 Å². The summed E-state index contributed by atoms with van der Waals surface area (Å²) in [6.45, 7) is 0.989. The number of fused-ring (bicyclic) bond motifs is 1. The van der Waals surface area contributed by atoms with Crippen molar-refractivity contribution in [1.29, 1.82) is 0 Å². The van der Waals surface area contributed by atoms with E-state index in [-0.39, 0.29) is 18.0 Å². The highest BCUT2D eigenvalue weighted by Gasteiger charge is 2.29. The van der Waals surface area contributed by atoms with E-state index in [0.717, 1.165) is 6.26 Å². The first kappa shape index (κ1) is 29.6. The topological polar surface area (TPSA) is 75.6 Å². The highest BCUT2D eigenvalue weighted by atomic mass is 32.2. The minimum Gasteiger partial charge on any atom is -0.495 e. The molecule has 0 bridgehead atoms. The molecule has 1 aliphatic heterocycles. The number of likely N-dealkylation sites (tertiary alicyclic amines) is 1. The Morgan fingerprint density at radius 1 is 1.15 bits per heavy atom. The highest BCUT2D eigenvalue weighted by molar-refractivity contribution is 7.90. The smallest absolute Gasteiger partial charge is 0.390 e. The van der Waals surface area contributed by atoms with Crippen molar-refractivity contribution in [3.8, 4) is 17.6 Å². The van der Waals surface area contributed by atoms with Gasteiger partial charge in [-0.05, 0) is 49.7 Å². The Balaban J connectivity index is 1.61. The van der Waals surface area contributed by atoms with E-state index < -0.39 is 34.6 Å². The maximum Gasteiger partial charge on any atom is 0.390 e. The molecule has 0 amide bonds. The number of aryl methyl sites for hydroxylation is 1. The van der Waals surface area contributed by atoms with Crippen LogP contribution in [0.1, 0.15) is 18.5 Å². The molecule has 0 spiro atoms. The van der Waals surface area contributed by atoms with Crippen LogP contribution in [0.25, 0.3) is 10.9 Å². The molecule has 12 heteroatoms. The molecule has 0 aliphatic carbocycles. The summed E-state index contributed by atoms with van der Waals surface area (Å²) in [6.07, 6.45) is -4.90. The third-order valence-electron chi connectivity index (χ3n) is 6.82. The van der Waals surface area contributed by atoms with Crippen molar-refractivity contribution in [3.63, 3.8) is 0 Å². The van der Waals surface area contributed by atoms with Crippen LogP contribution < -0.4 is 15.4 Å². The molecule has 1 aliphatic rings. The summed E-state index contributed by atoms with van der Waals surface area (Å²) in [5.41, 5.74) is 2.13. The first-order valence-electron chi connectivity index (χ1n) is 12.7. The molecule has 2 atom stereocenters. The van der Waals surface area contributed by atoms with Crippen molar-refractivity contribution in [1.82, 2.24) is 9.47 Å². The number of rotatable bonds is 8. The number of sulfone groups is 1. The Hall–Kier alpha value is -3.43. The lowest BCUT2D eigenvalue weighted by Crippen LogP contribution is -2.47. The number of hydrogen-bond donors (Lipinski definition) is 2. The number of methoxy groups -OCH3 is 1. The van der Waals surface area contributed by atoms with Gasteiger partial charge in [-0.15, -0.1) is 0 Å². The zero-order valence-corrected chi connectivity index (χ0v) is 23.3. The van der Waals surface area contributed by atoms with Crippen LogP contribution in [0.15, 0.2) is 47.4 Å². The number of nitrogens with zero attached hydrogens (tertiary/aromatic N) is 2. The molecule has 2 N–H and O–H groups in total. The Kier molecular flexibility index (Phi) is 8.85. The largest absolute Gasteiger partial charge is 0.495 e. The van der Waals surface area contributed by atoms with Gasteiger partial charge in [-0.1, -0.05) is 12.0 Å². The molecule has 1 saturated heterocycles. The van der Waals surface area contributed by atoms with Gasteiger partial charge < -0.3 is 24.8 Å². The van der Waals surface area contributed by atoms with Gasteiger partial charge >= 0.3 is 6.18 Å². The van der Waals surface area contributed by atoms with Gasteiger partial charge in [0.2, 0.25) is 0 Å². The first-order valence-corrected chi connectivity index (χ1v) is 14.6. The van der Waals surface area contributed by atoms with Gasteiger partial charge in [0, 0.05) is 43.0 Å². The lowest BCUT2D eigenvalue weighted by Gasteiger charge is -2.33. The lowest BCUT2D eigenvalue weighted by molar-refractivity contribution is -0.136. The van der Waals surface area contributed by atoms with Crippen LogP contribution in [-0.4, -0.2) is 76.3 Å². The van der Waals surface area contributed by atoms with Crippen molar-refractivity contribution in [2.24, 2.45) is 0 Å². The summed E-state index contributed by atoms with van der Waals surface area (Å²) in [6, 6.07) is 11.0. The van der Waals surface area contributed by atoms with Gasteiger partial charge in [-0.25, -0.2) is 12.8 Å². The second-order valence-electron chi connectivity index (χ2n) is 9.89. The van der Waals surface area contributed by atoms with Gasteiger partial charge in [-0.2, -0.15) is 13.2 Å². The first-order chi connectivity index (χ1) is 18.9. The summed E-state index contributed by atoms with van der Waals surface area (Å²) in [5, 5.41) is 6.99. The monoisotopic (exact) mass is 580 g/mol. The molecule has 4 rings (SSSR count). The predicted molar refractivity (Wildman–Crippen MR) is 149 cm³/mol. The maximum absolute atomic E-state index is 14.6. The standard InChI is InChI=1S/C28H32F4N4O3S/c1-35-14-11-22(29)25(18-35)34-23-7-4-8-26-21(23)16-19(36(26)15-12-28(30,31)32)6-5-13-33-24-10-9-20(40(3,37)38)17-27(24)39-2/h4,7-10,16-17,22,25,33-34H,11-15,18H2,1-3H3/t22-,25+/m0/s1. The van der Waals surface area contributed by atoms with Crippen LogP contribution in [0.2, 0.25) is 0 Å². The molecule has 3 aromatic rings. The molecule has 1 aromatic heterocycles. The molecule has 7 nitrogen and oxygen atoms in total. The van der Waals surface area contributed by atoms with E-state index in [1.165, 1.54) is 23.8 Å². The van der Waals surface area contributed by atoms with Gasteiger partial charge in [0.15, 0.2) is 9.84 Å². The average Bonchev–Trinajstić information content (AvgIpc) is 3.24. The summed E-state index contributed by atoms with van der Waals surface area (Å²) in [4.78, 5) is 2.15. The van der Waals surface area contributed by atoms with Crippen molar-refractivity contribution < 1.29 is 30.7 Å². The van der Waals surface area contributed by atoms with E-state index in [4.69, 9.17) is 4.74 Å². The molecule has 0 unspecified atom stereocenters. The van der Waals surface area contributed by atoms with Crippen molar-refractivity contribution in [3.05, 3.63) is 48.2 Å². The third-order valence-corrected chi connectivity index (χ3v) is 7.93. The lowest BCUT2D eigenvalue weighted by atomic mass is 10.0. The molecule has 1 fully saturated rings. The van der Waals surface area contributed by atoms with Crippen molar-refractivity contribution in [2.45, 2.75) is 42.7 Å². The molecule has 216 valence electrons. The summed E-state index contributed by atoms with van der Waals surface area (Å²) in [5.74, 6) is 6.22. The Morgan fingerprint density at radius 2 is 1.93 bits per heavy atom. The van der Waals surface area contributed by atoms with E-state index in [9.17, 15) is 26.0 Å². The van der Waals surface area contributed by atoms with E-state index in [1.54, 1.807) is 30.3 Å². The number of aromatic nitrogens is 1. The predicted octanol–water partition coefficient (Wildman–Crippen LogP) is 4.92. The minimum absolute atomic E-state index is 0.110. The van der Waals surface area contributed by atoms with E-state index in [2.05, 4.69) is 22.5 Å². The maximum atomic E-state index is 14.6. The van der Waals surface area contributed by atoms with E-state index in [0.29, 0.717) is 53.2 Å². The molecule has 0 saturated carbocycles. The van der Waals surface area contributed by atoms with Gasteiger partial charge in [-0.3, -0.25) is 0 Å². The second-order valence-corrected chi connectivity index (χ2v) is 11.9. The van der Waals surface area contributed by atoms with Crippen LogP contribution in [0.4, 0.5) is 28.9 Å². The number of anilines is 2. The van der Waals surface area contributed by atoms with Gasteiger partial charge in [0.25, 0.3) is 0 Å². The second kappa shape index (κ2) is 12.0. The highest BCUT2D eigenvalue weighted by Crippen LogP contribution is 2.31. The zero-order valence-electron chi connectivity index (χ0n) is 22.5. The van der Waals surface area contributed by atoms with Gasteiger partial charge in [0.1, 0.15) is 11.9 Å². The summed E-state index contributed by atoms with van der Waals surface area (Å²) >= 11 is 0. The minimum atomic E-state index is -4.35. The van der Waals surface area contributed by atoms with Crippen molar-refractivity contribution in [2.75, 3.05) is 50.7 Å². The zero-order chi connectivity index (χ0) is 29.1. The third kappa shape index (κ3) is 7.20. The van der Waals surface area contributed by atoms with Gasteiger partial charge in [0.05, 0.1) is 47.9 Å². The molecule has 2 aromatic carbocycles. The SMILES string of the molecule is COc1cc(S(C)(=O)=O)ccc1NCC#Cc1cc2c(N[C@@H]3CN(C)CC[C@@H]3F)cccc2n1CCC(F)(F)F. The Morgan fingerprint density at radius 3 is 2.62 bits per heavy atom. The number of likely N-dealkylation sites (N-methyl/N-ethyl adjacent to an activating group) is 1. The fourth-order valence-electron chi connectivity index (χ4n) is 4.74. The molecular weight excluding hydrogens is 548 g/mol. The molecule has 40 heavy (non-hydrogen) atoms. The summed E-state index contributed by atoms with van der Waals surface area (Å²) < 4.78 is 84.5. The van der Waals surface area contributed by atoms with Crippen molar-refractivity contribution >= 4 is 32.1 Å². The van der Waals surface area contributed by atoms with Crippen LogP contribution >= 0.6 is 0 Å². The van der Waals surface area contributed by atoms with Crippen LogP contribution in [0.5, 0.6) is 5.75 Å². The van der Waals surface area contributed by atoms with E-state index in [1.807, 2.05) is 11.9 Å². The molecular formula is C28H32F4N4O3S. The fraction of sp³-hybridized carbons (Fsp3) is 0.429. The normalized spacial score (nSPS) is 18.3.